The summed E-state index contributed by atoms with van der Waals surface area (Å²) in [5.41, 5.74) is 2.17. The van der Waals surface area contributed by atoms with Crippen molar-refractivity contribution in [3.05, 3.63) is 62.9 Å². The van der Waals surface area contributed by atoms with Crippen molar-refractivity contribution in [2.75, 3.05) is 12.4 Å². The van der Waals surface area contributed by atoms with E-state index in [1.807, 2.05) is 23.6 Å². The molecule has 3 rings (SSSR count). The number of halogens is 2. The van der Waals surface area contributed by atoms with Crippen molar-refractivity contribution in [2.45, 2.75) is 0 Å². The van der Waals surface area contributed by atoms with Crippen LogP contribution in [0.25, 0.3) is 11.3 Å². The second-order valence-electron chi connectivity index (χ2n) is 4.84. The maximum atomic E-state index is 12.5. The van der Waals surface area contributed by atoms with E-state index in [9.17, 15) is 4.79 Å². The van der Waals surface area contributed by atoms with Crippen LogP contribution in [0.4, 0.5) is 5.13 Å². The molecular formula is C17H12BrClN2O2S. The van der Waals surface area contributed by atoms with Gasteiger partial charge in [-0.15, -0.1) is 11.3 Å². The van der Waals surface area contributed by atoms with Gasteiger partial charge in [0, 0.05) is 20.4 Å². The fraction of sp³-hybridized carbons (Fsp3) is 0.0588. The topological polar surface area (TPSA) is 51.2 Å². The van der Waals surface area contributed by atoms with Crippen LogP contribution in [-0.2, 0) is 0 Å². The Balaban J connectivity index is 1.81. The number of aromatic nitrogens is 1. The van der Waals surface area contributed by atoms with Gasteiger partial charge >= 0.3 is 0 Å². The molecule has 122 valence electrons. The van der Waals surface area contributed by atoms with Crippen LogP contribution in [0.2, 0.25) is 5.02 Å². The molecule has 0 aliphatic heterocycles. The van der Waals surface area contributed by atoms with Crippen molar-refractivity contribution in [1.82, 2.24) is 4.98 Å². The highest BCUT2D eigenvalue weighted by atomic mass is 79.9. The van der Waals surface area contributed by atoms with Crippen LogP contribution in [0.15, 0.2) is 52.3 Å². The molecule has 3 aromatic rings. The average molecular weight is 424 g/mol. The molecule has 0 unspecified atom stereocenters. The van der Waals surface area contributed by atoms with Gasteiger partial charge in [0.2, 0.25) is 0 Å². The number of nitrogens with one attached hydrogen (secondary N) is 1. The van der Waals surface area contributed by atoms with Crippen molar-refractivity contribution >= 4 is 49.9 Å². The number of nitrogens with zero attached hydrogens (tertiary/aromatic N) is 1. The Morgan fingerprint density at radius 2 is 2.00 bits per heavy atom. The summed E-state index contributed by atoms with van der Waals surface area (Å²) in [7, 11) is 1.53. The molecule has 0 saturated carbocycles. The maximum absolute atomic E-state index is 12.5. The van der Waals surface area contributed by atoms with Gasteiger partial charge in [-0.2, -0.15) is 0 Å². The van der Waals surface area contributed by atoms with Crippen LogP contribution < -0.4 is 10.1 Å². The number of thiazole rings is 1. The number of hydrogen-bond acceptors (Lipinski definition) is 4. The van der Waals surface area contributed by atoms with E-state index in [1.165, 1.54) is 18.4 Å². The van der Waals surface area contributed by atoms with Crippen molar-refractivity contribution in [3.8, 4) is 17.0 Å². The summed E-state index contributed by atoms with van der Waals surface area (Å²) < 4.78 is 6.03. The van der Waals surface area contributed by atoms with Crippen molar-refractivity contribution < 1.29 is 9.53 Å². The first-order valence-corrected chi connectivity index (χ1v) is 8.98. The largest absolute Gasteiger partial charge is 0.496 e. The van der Waals surface area contributed by atoms with Crippen molar-refractivity contribution in [3.63, 3.8) is 0 Å². The average Bonchev–Trinajstić information content (AvgIpc) is 3.04. The van der Waals surface area contributed by atoms with Gasteiger partial charge in [-0.05, 0) is 30.3 Å². The second kappa shape index (κ2) is 7.34. The van der Waals surface area contributed by atoms with E-state index in [0.29, 0.717) is 21.5 Å². The van der Waals surface area contributed by atoms with Gasteiger partial charge in [0.1, 0.15) is 5.75 Å². The highest BCUT2D eigenvalue weighted by Crippen LogP contribution is 2.28. The number of carbonyl (C=O) groups is 1. The van der Waals surface area contributed by atoms with Crippen LogP contribution in [0.1, 0.15) is 10.4 Å². The Kier molecular flexibility index (Phi) is 5.18. The summed E-state index contributed by atoms with van der Waals surface area (Å²) in [6, 6.07) is 12.7. The molecule has 0 atom stereocenters. The number of amides is 1. The molecule has 1 aromatic heterocycles. The zero-order valence-corrected chi connectivity index (χ0v) is 15.7. The number of anilines is 1. The summed E-state index contributed by atoms with van der Waals surface area (Å²) >= 11 is 10.6. The van der Waals surface area contributed by atoms with Crippen molar-refractivity contribution in [1.29, 1.82) is 0 Å². The third kappa shape index (κ3) is 3.77. The first-order valence-electron chi connectivity index (χ1n) is 6.93. The lowest BCUT2D eigenvalue weighted by atomic mass is 10.2. The molecule has 1 heterocycles. The smallest absolute Gasteiger partial charge is 0.261 e. The van der Waals surface area contributed by atoms with E-state index in [1.54, 1.807) is 24.3 Å². The monoisotopic (exact) mass is 422 g/mol. The SMILES string of the molecule is COc1ccc(Br)cc1C(=O)Nc1nc(-c2ccc(Cl)cc2)cs1. The molecule has 24 heavy (non-hydrogen) atoms. The van der Waals surface area contributed by atoms with Crippen LogP contribution in [-0.4, -0.2) is 18.0 Å². The molecule has 1 N–H and O–H groups in total. The Morgan fingerprint density at radius 3 is 2.71 bits per heavy atom. The first-order chi connectivity index (χ1) is 11.6. The van der Waals surface area contributed by atoms with Gasteiger partial charge in [0.05, 0.1) is 18.4 Å². The summed E-state index contributed by atoms with van der Waals surface area (Å²) in [4.78, 5) is 16.9. The minimum absolute atomic E-state index is 0.273. The molecule has 0 radical (unpaired) electrons. The number of rotatable bonds is 4. The van der Waals surface area contributed by atoms with Gasteiger partial charge in [0.15, 0.2) is 5.13 Å². The molecule has 0 fully saturated rings. The van der Waals surface area contributed by atoms with Crippen LogP contribution in [0, 0.1) is 0 Å². The van der Waals surface area contributed by atoms with E-state index < -0.39 is 0 Å². The highest BCUT2D eigenvalue weighted by molar-refractivity contribution is 9.10. The lowest BCUT2D eigenvalue weighted by molar-refractivity contribution is 0.102. The Hall–Kier alpha value is -1.89. The number of benzene rings is 2. The normalized spacial score (nSPS) is 10.5. The molecule has 1 amide bonds. The number of hydrogen-bond donors (Lipinski definition) is 1. The van der Waals surface area contributed by atoms with Gasteiger partial charge < -0.3 is 4.74 Å². The Bertz CT molecular complexity index is 881. The molecular weight excluding hydrogens is 412 g/mol. The van der Waals surface area contributed by atoms with Crippen LogP contribution >= 0.6 is 38.9 Å². The van der Waals surface area contributed by atoms with E-state index in [4.69, 9.17) is 16.3 Å². The standard InChI is InChI=1S/C17H12BrClN2O2S/c1-23-15-7-4-11(18)8-13(15)16(22)21-17-20-14(9-24-17)10-2-5-12(19)6-3-10/h2-9H,1H3,(H,20,21,22). The molecule has 0 bridgehead atoms. The van der Waals surface area contributed by atoms with Gasteiger partial charge in [-0.3, -0.25) is 10.1 Å². The van der Waals surface area contributed by atoms with E-state index in [0.717, 1.165) is 15.7 Å². The van der Waals surface area contributed by atoms with Crippen LogP contribution in [0.3, 0.4) is 0 Å². The Morgan fingerprint density at radius 1 is 1.25 bits per heavy atom. The summed E-state index contributed by atoms with van der Waals surface area (Å²) in [5.74, 6) is 0.232. The van der Waals surface area contributed by atoms with Gasteiger partial charge in [0.25, 0.3) is 5.91 Å². The molecule has 0 saturated heterocycles. The fourth-order valence-corrected chi connectivity index (χ4v) is 3.31. The second-order valence-corrected chi connectivity index (χ2v) is 7.05. The minimum atomic E-state index is -0.273. The predicted octanol–water partition coefficient (Wildman–Crippen LogP) is 5.49. The number of methoxy groups -OCH3 is 1. The highest BCUT2D eigenvalue weighted by Gasteiger charge is 2.15. The quantitative estimate of drug-likeness (QED) is 0.604. The molecule has 0 aliphatic rings. The fourth-order valence-electron chi connectivity index (χ4n) is 2.11. The summed E-state index contributed by atoms with van der Waals surface area (Å²) in [6.07, 6.45) is 0. The molecule has 4 nitrogen and oxygen atoms in total. The zero-order valence-electron chi connectivity index (χ0n) is 12.5. The van der Waals surface area contributed by atoms with E-state index in [2.05, 4.69) is 26.2 Å². The zero-order chi connectivity index (χ0) is 17.1. The van der Waals surface area contributed by atoms with Crippen LogP contribution in [0.5, 0.6) is 5.75 Å². The van der Waals surface area contributed by atoms with Gasteiger partial charge in [-0.25, -0.2) is 4.98 Å². The Labute approximate surface area is 156 Å². The summed E-state index contributed by atoms with van der Waals surface area (Å²) in [6.45, 7) is 0. The minimum Gasteiger partial charge on any atom is -0.496 e. The molecule has 0 aliphatic carbocycles. The molecule has 2 aromatic carbocycles. The summed E-state index contributed by atoms with van der Waals surface area (Å²) in [5, 5.41) is 5.88. The first kappa shape index (κ1) is 17.0. The molecule has 7 heteroatoms. The number of carbonyl (C=O) groups excluding carboxylic acids is 1. The lowest BCUT2D eigenvalue weighted by Gasteiger charge is -2.08. The lowest BCUT2D eigenvalue weighted by Crippen LogP contribution is -2.13. The van der Waals surface area contributed by atoms with Gasteiger partial charge in [-0.1, -0.05) is 39.7 Å². The van der Waals surface area contributed by atoms with E-state index >= 15 is 0 Å². The van der Waals surface area contributed by atoms with Crippen molar-refractivity contribution in [2.24, 2.45) is 0 Å². The predicted molar refractivity (Wildman–Crippen MR) is 101 cm³/mol. The van der Waals surface area contributed by atoms with E-state index in [-0.39, 0.29) is 5.91 Å². The molecule has 0 spiro atoms. The third-order valence-corrected chi connectivity index (χ3v) is 4.77. The number of ether oxygens (including phenoxy) is 1. The maximum Gasteiger partial charge on any atom is 0.261 e. The third-order valence-electron chi connectivity index (χ3n) is 3.27.